The third-order valence-electron chi connectivity index (χ3n) is 22.9. The number of aryl methyl sites for hydroxylation is 2. The Bertz CT molecular complexity index is 6140. The predicted octanol–water partition coefficient (Wildman–Crippen LogP) is 30.1. The molecule has 0 aromatic heterocycles. The van der Waals surface area contributed by atoms with Gasteiger partial charge in [-0.3, -0.25) is 0 Å². The van der Waals surface area contributed by atoms with Crippen LogP contribution in [0.5, 0.6) is 0 Å². The zero-order chi connectivity index (χ0) is 75.9. The van der Waals surface area contributed by atoms with Gasteiger partial charge in [0.1, 0.15) is 0 Å². The van der Waals surface area contributed by atoms with Crippen LogP contribution in [0.2, 0.25) is 0 Å². The molecular weight excluding hydrogens is 1350 g/mol. The van der Waals surface area contributed by atoms with Crippen molar-refractivity contribution in [2.45, 2.75) is 52.4 Å². The van der Waals surface area contributed by atoms with Crippen molar-refractivity contribution in [2.24, 2.45) is 0 Å². The van der Waals surface area contributed by atoms with Gasteiger partial charge in [0.2, 0.25) is 0 Å². The van der Waals surface area contributed by atoms with Crippen molar-refractivity contribution in [3.63, 3.8) is 0 Å². The monoisotopic (exact) mass is 1440 g/mol. The van der Waals surface area contributed by atoms with E-state index in [0.717, 1.165) is 84.8 Å². The predicted molar refractivity (Wildman–Crippen MR) is 477 cm³/mol. The van der Waals surface area contributed by atoms with E-state index >= 15 is 0 Å². The maximum Gasteiger partial charge on any atom is 0.0490 e. The minimum Gasteiger partial charge on any atom is -0.310 e. The van der Waals surface area contributed by atoms with Gasteiger partial charge in [-0.05, 0) is 259 Å². The molecular formula is C108H86N4. The minimum absolute atomic E-state index is 0.0913. The topological polar surface area (TPSA) is 13.0 Å². The number of hydrogen-bond donors (Lipinski definition) is 0. The Balaban J connectivity index is 0.558. The zero-order valence-corrected chi connectivity index (χ0v) is 64.0. The number of rotatable bonds is 19. The van der Waals surface area contributed by atoms with Crippen LogP contribution in [-0.2, 0) is 10.8 Å². The molecule has 0 fully saturated rings. The molecule has 18 rings (SSSR count). The molecule has 2 aliphatic carbocycles. The minimum atomic E-state index is -0.256. The Labute approximate surface area is 659 Å². The third kappa shape index (κ3) is 13.4. The largest absolute Gasteiger partial charge is 0.310 e. The fourth-order valence-electron chi connectivity index (χ4n) is 16.9. The fraction of sp³-hybridized carbons (Fsp3) is 0.0741. The van der Waals surface area contributed by atoms with Crippen LogP contribution in [0.1, 0.15) is 83.3 Å². The molecule has 16 aromatic rings. The Morgan fingerprint density at radius 2 is 0.473 bits per heavy atom. The van der Waals surface area contributed by atoms with Gasteiger partial charge in [-0.25, -0.2) is 0 Å². The first kappa shape index (κ1) is 69.9. The summed E-state index contributed by atoms with van der Waals surface area (Å²) in [5, 5.41) is 0. The Morgan fingerprint density at radius 1 is 0.196 bits per heavy atom. The second-order valence-electron chi connectivity index (χ2n) is 30.6. The highest BCUT2D eigenvalue weighted by Crippen LogP contribution is 2.55. The quantitative estimate of drug-likeness (QED) is 0.0748. The summed E-state index contributed by atoms with van der Waals surface area (Å²) in [5.41, 5.74) is 37.8. The highest BCUT2D eigenvalue weighted by molar-refractivity contribution is 5.96. The first-order valence-electron chi connectivity index (χ1n) is 38.9. The van der Waals surface area contributed by atoms with Gasteiger partial charge in [-0.1, -0.05) is 307 Å². The summed E-state index contributed by atoms with van der Waals surface area (Å²) in [6, 6.07) is 142. The lowest BCUT2D eigenvalue weighted by molar-refractivity contribution is 0.660. The van der Waals surface area contributed by atoms with E-state index in [2.05, 4.69) is 474 Å². The molecule has 0 saturated carbocycles. The van der Waals surface area contributed by atoms with Gasteiger partial charge in [0.25, 0.3) is 0 Å². The van der Waals surface area contributed by atoms with Crippen LogP contribution >= 0.6 is 0 Å². The van der Waals surface area contributed by atoms with Gasteiger partial charge >= 0.3 is 0 Å². The lowest BCUT2D eigenvalue weighted by Crippen LogP contribution is -2.16. The zero-order valence-electron chi connectivity index (χ0n) is 64.0. The van der Waals surface area contributed by atoms with Gasteiger partial charge in [-0.2, -0.15) is 0 Å². The van der Waals surface area contributed by atoms with Crippen molar-refractivity contribution in [1.29, 1.82) is 0 Å². The number of para-hydroxylation sites is 5. The molecule has 0 radical (unpaired) electrons. The normalized spacial score (nSPS) is 12.8. The first-order chi connectivity index (χ1) is 54.9. The molecule has 0 unspecified atom stereocenters. The van der Waals surface area contributed by atoms with E-state index in [0.29, 0.717) is 0 Å². The molecule has 112 heavy (non-hydrogen) atoms. The molecule has 0 spiro atoms. The van der Waals surface area contributed by atoms with Gasteiger partial charge in [0.15, 0.2) is 0 Å². The van der Waals surface area contributed by atoms with Crippen molar-refractivity contribution < 1.29 is 0 Å². The molecule has 0 bridgehead atoms. The molecule has 0 saturated heterocycles. The molecule has 4 heteroatoms. The SMILES string of the molecule is Cc1ccccc1N(c1ccccc1)c1ccc(-c2ccc(C=Cc3ccc(N(c4ccc(-c5cccc6c5-c5ccc(N(c7ccccc7)c7ccc(C=Cc8ccc(-c9ccc(N(c%10ccccc%10)c%10ccc%11c(c%10)C(C)(C)c%10ccccc%10-%11)cc9)cc8)cc7)cc5C6(C)C)cc4)c4ccccc4C)cc3)cc2)cc1. The number of benzene rings is 16. The van der Waals surface area contributed by atoms with Crippen molar-refractivity contribution in [2.75, 3.05) is 19.6 Å². The van der Waals surface area contributed by atoms with E-state index in [9.17, 15) is 0 Å². The van der Waals surface area contributed by atoms with E-state index in [4.69, 9.17) is 0 Å². The maximum absolute atomic E-state index is 2.43. The Kier molecular flexibility index (Phi) is 18.5. The molecule has 0 atom stereocenters. The highest BCUT2D eigenvalue weighted by atomic mass is 15.2. The van der Waals surface area contributed by atoms with E-state index < -0.39 is 0 Å². The summed E-state index contributed by atoms with van der Waals surface area (Å²) >= 11 is 0. The number of anilines is 12. The highest BCUT2D eigenvalue weighted by Gasteiger charge is 2.39. The molecule has 0 amide bonds. The van der Waals surface area contributed by atoms with Gasteiger partial charge in [0, 0.05) is 79.1 Å². The number of fused-ring (bicyclic) bond motifs is 6. The van der Waals surface area contributed by atoms with E-state index in [1.807, 2.05) is 0 Å². The molecule has 4 nitrogen and oxygen atoms in total. The molecule has 0 aliphatic heterocycles. The summed E-state index contributed by atoms with van der Waals surface area (Å²) in [4.78, 5) is 9.48. The van der Waals surface area contributed by atoms with Crippen LogP contribution in [0.3, 0.4) is 0 Å². The van der Waals surface area contributed by atoms with Crippen molar-refractivity contribution in [3.8, 4) is 55.6 Å². The van der Waals surface area contributed by atoms with E-state index in [1.165, 1.54) is 94.7 Å². The Hall–Kier alpha value is -13.8. The molecule has 538 valence electrons. The summed E-state index contributed by atoms with van der Waals surface area (Å²) in [7, 11) is 0. The summed E-state index contributed by atoms with van der Waals surface area (Å²) in [6.45, 7) is 13.8. The van der Waals surface area contributed by atoms with Crippen LogP contribution < -0.4 is 19.6 Å². The van der Waals surface area contributed by atoms with E-state index in [1.54, 1.807) is 0 Å². The lowest BCUT2D eigenvalue weighted by atomic mass is 9.81. The number of hydrogen-bond acceptors (Lipinski definition) is 4. The van der Waals surface area contributed by atoms with Gasteiger partial charge in [0.05, 0.1) is 0 Å². The van der Waals surface area contributed by atoms with Gasteiger partial charge < -0.3 is 19.6 Å². The van der Waals surface area contributed by atoms with Crippen LogP contribution in [0.4, 0.5) is 68.2 Å². The third-order valence-corrected chi connectivity index (χ3v) is 22.9. The standard InChI is InChI=1S/C108H86N4/c1-75-23-16-20-35-104(75)111(88-29-14-9-15-30-88)92-65-55-84(56-66-92)82-51-43-78(44-52-82)38-40-80-47-61-91(62-48-80)112(105-36-21-17-24-76(105)2)93-67-57-85(58-68-93)96-32-22-34-101-106(96)99-72-70-95(74-103(99)108(101,5)6)109(86-25-10-7-11-26-86)89-59-45-79(46-60-89)39-37-77-41-49-81(50-42-77)83-53-63-90(64-54-83)110(87-27-12-8-13-28-87)94-69-71-98-97-31-18-19-33-100(97)107(3,4)102(98)73-94/h7-74H,1-6H3. The summed E-state index contributed by atoms with van der Waals surface area (Å²) in [6.07, 6.45) is 8.83. The average molecular weight is 1440 g/mol. The second-order valence-corrected chi connectivity index (χ2v) is 30.6. The second kappa shape index (κ2) is 29.6. The van der Waals surface area contributed by atoms with Gasteiger partial charge in [-0.15, -0.1) is 0 Å². The van der Waals surface area contributed by atoms with Crippen molar-refractivity contribution >= 4 is 92.6 Å². The molecule has 0 N–H and O–H groups in total. The van der Waals surface area contributed by atoms with Crippen LogP contribution in [-0.4, -0.2) is 0 Å². The maximum atomic E-state index is 2.43. The first-order valence-corrected chi connectivity index (χ1v) is 38.9. The van der Waals surface area contributed by atoms with Crippen LogP contribution in [0.15, 0.2) is 388 Å². The Morgan fingerprint density at radius 3 is 0.902 bits per heavy atom. The van der Waals surface area contributed by atoms with E-state index in [-0.39, 0.29) is 10.8 Å². The van der Waals surface area contributed by atoms with Crippen LogP contribution in [0, 0.1) is 13.8 Å². The smallest absolute Gasteiger partial charge is 0.0490 e. The average Bonchev–Trinajstić information content (AvgIpc) is 1.57. The summed E-state index contributed by atoms with van der Waals surface area (Å²) < 4.78 is 0. The molecule has 0 heterocycles. The number of nitrogens with zero attached hydrogens (tertiary/aromatic N) is 4. The van der Waals surface area contributed by atoms with Crippen LogP contribution in [0.25, 0.3) is 79.9 Å². The molecule has 16 aromatic carbocycles. The lowest BCUT2D eigenvalue weighted by Gasteiger charge is -2.28. The summed E-state index contributed by atoms with van der Waals surface area (Å²) in [5.74, 6) is 0. The fourth-order valence-corrected chi connectivity index (χ4v) is 16.9. The molecule has 2 aliphatic rings. The van der Waals surface area contributed by atoms with Crippen molar-refractivity contribution in [1.82, 2.24) is 0 Å². The van der Waals surface area contributed by atoms with Crippen molar-refractivity contribution in [3.05, 3.63) is 444 Å².